The summed E-state index contributed by atoms with van der Waals surface area (Å²) in [5.41, 5.74) is 2.59. The van der Waals surface area contributed by atoms with Gasteiger partial charge in [-0.3, -0.25) is 9.69 Å². The molecule has 3 aromatic rings. The number of nitrogens with zero attached hydrogens (tertiary/aromatic N) is 2. The molecule has 0 bridgehead atoms. The Kier molecular flexibility index (Phi) is 9.18. The van der Waals surface area contributed by atoms with Gasteiger partial charge >= 0.3 is 0 Å². The molecule has 7 nitrogen and oxygen atoms in total. The third kappa shape index (κ3) is 6.90. The van der Waals surface area contributed by atoms with Gasteiger partial charge in [-0.05, 0) is 61.3 Å². The molecule has 0 aliphatic carbocycles. The highest BCUT2D eigenvalue weighted by molar-refractivity contribution is 7.90. The van der Waals surface area contributed by atoms with Crippen LogP contribution in [0.5, 0.6) is 5.75 Å². The molecule has 2 aliphatic heterocycles. The molecule has 0 spiro atoms. The molecule has 0 aromatic heterocycles. The minimum atomic E-state index is -3.79. The number of carbonyl (C=O) groups excluding carboxylic acids is 1. The van der Waals surface area contributed by atoms with E-state index < -0.39 is 24.2 Å². The number of sulfonamides is 1. The Hall–Kier alpha value is -2.98. The van der Waals surface area contributed by atoms with Crippen LogP contribution in [0.3, 0.4) is 0 Å². The molecule has 1 amide bonds. The maximum Gasteiger partial charge on any atom is 0.269 e. The van der Waals surface area contributed by atoms with E-state index in [4.69, 9.17) is 9.16 Å². The van der Waals surface area contributed by atoms with E-state index in [1.807, 2.05) is 30.3 Å². The van der Waals surface area contributed by atoms with Gasteiger partial charge in [0.05, 0.1) is 11.7 Å². The van der Waals surface area contributed by atoms with Crippen LogP contribution in [0, 0.1) is 0 Å². The maximum absolute atomic E-state index is 13.0. The molecule has 2 atom stereocenters. The van der Waals surface area contributed by atoms with Crippen LogP contribution in [0.4, 0.5) is 0 Å². The summed E-state index contributed by atoms with van der Waals surface area (Å²) < 4.78 is 40.5. The first-order valence-corrected chi connectivity index (χ1v) is 19.6. The fraction of sp³-hybridized carbons (Fsp3) is 0.441. The number of amides is 1. The third-order valence-electron chi connectivity index (χ3n) is 8.99. The summed E-state index contributed by atoms with van der Waals surface area (Å²) in [6, 6.07) is 25.0. The molecular weight excluding hydrogens is 577 g/mol. The van der Waals surface area contributed by atoms with Crippen LogP contribution in [0.25, 0.3) is 0 Å². The van der Waals surface area contributed by atoms with Gasteiger partial charge < -0.3 is 9.16 Å². The Balaban J connectivity index is 1.27. The second kappa shape index (κ2) is 12.6. The number of rotatable bonds is 11. The Labute approximate surface area is 258 Å². The first kappa shape index (κ1) is 31.4. The predicted molar refractivity (Wildman–Crippen MR) is 172 cm³/mol. The number of unbranched alkanes of at least 4 members (excludes halogenated alkanes) is 1. The van der Waals surface area contributed by atoms with Gasteiger partial charge in [-0.1, -0.05) is 81.4 Å². The Morgan fingerprint density at radius 1 is 0.953 bits per heavy atom. The number of hydrogen-bond donors (Lipinski definition) is 0. The van der Waals surface area contributed by atoms with Gasteiger partial charge in [-0.25, -0.2) is 12.7 Å². The van der Waals surface area contributed by atoms with Crippen LogP contribution in [-0.4, -0.2) is 57.6 Å². The molecule has 2 aliphatic rings. The molecule has 3 aromatic carbocycles. The number of benzene rings is 3. The summed E-state index contributed by atoms with van der Waals surface area (Å²) in [7, 11) is -5.81. The van der Waals surface area contributed by atoms with Crippen molar-refractivity contribution in [2.24, 2.45) is 0 Å². The summed E-state index contributed by atoms with van der Waals surface area (Å²) >= 11 is 0. The Morgan fingerprint density at radius 2 is 1.63 bits per heavy atom. The van der Waals surface area contributed by atoms with Gasteiger partial charge in [0, 0.05) is 31.6 Å². The summed E-state index contributed by atoms with van der Waals surface area (Å²) in [5, 5.41) is 0.0979. The minimum Gasteiger partial charge on any atom is -0.489 e. The van der Waals surface area contributed by atoms with E-state index in [9.17, 15) is 13.2 Å². The van der Waals surface area contributed by atoms with E-state index in [-0.39, 0.29) is 34.2 Å². The Bertz CT molecular complexity index is 1540. The fourth-order valence-corrected chi connectivity index (χ4v) is 8.51. The minimum absolute atomic E-state index is 0.0255. The topological polar surface area (TPSA) is 76.2 Å². The highest BCUT2D eigenvalue weighted by atomic mass is 32.2. The van der Waals surface area contributed by atoms with Crippen molar-refractivity contribution in [1.82, 2.24) is 9.21 Å². The predicted octanol–water partition coefficient (Wildman–Crippen LogP) is 7.03. The van der Waals surface area contributed by atoms with Crippen LogP contribution in [-0.2, 0) is 21.0 Å². The number of hydrogen-bond acceptors (Lipinski definition) is 6. The molecule has 2 heterocycles. The second-order valence-corrected chi connectivity index (χ2v) is 19.8. The first-order valence-electron chi connectivity index (χ1n) is 15.2. The van der Waals surface area contributed by atoms with Crippen molar-refractivity contribution in [3.05, 3.63) is 95.6 Å². The lowest BCUT2D eigenvalue weighted by Gasteiger charge is -2.42. The van der Waals surface area contributed by atoms with Gasteiger partial charge in [-0.2, -0.15) is 0 Å². The summed E-state index contributed by atoms with van der Waals surface area (Å²) in [5.74, 6) is 0.457. The van der Waals surface area contributed by atoms with Crippen molar-refractivity contribution in [3.63, 3.8) is 0 Å². The monoisotopic (exact) mass is 620 g/mol. The van der Waals surface area contributed by atoms with Crippen molar-refractivity contribution >= 4 is 24.2 Å². The van der Waals surface area contributed by atoms with Crippen LogP contribution in [0.15, 0.2) is 83.8 Å². The fourth-order valence-electron chi connectivity index (χ4n) is 5.61. The number of para-hydroxylation sites is 1. The maximum atomic E-state index is 13.0. The molecular formula is C34H44N2O5SSi. The number of fused-ring (bicyclic) bond motifs is 2. The molecule has 0 radical (unpaired) electrons. The van der Waals surface area contributed by atoms with Gasteiger partial charge in [0.2, 0.25) is 0 Å². The largest absolute Gasteiger partial charge is 0.489 e. The average Bonchev–Trinajstić information content (AvgIpc) is 3.15. The van der Waals surface area contributed by atoms with Crippen LogP contribution < -0.4 is 4.74 Å². The van der Waals surface area contributed by atoms with Crippen molar-refractivity contribution in [3.8, 4) is 5.75 Å². The van der Waals surface area contributed by atoms with Crippen molar-refractivity contribution in [2.75, 3.05) is 19.6 Å². The van der Waals surface area contributed by atoms with Crippen LogP contribution >= 0.6 is 0 Å². The lowest BCUT2D eigenvalue weighted by atomic mass is 9.98. The molecule has 230 valence electrons. The Morgan fingerprint density at radius 3 is 2.35 bits per heavy atom. The van der Waals surface area contributed by atoms with E-state index >= 15 is 0 Å². The second-order valence-electron chi connectivity index (χ2n) is 13.2. The van der Waals surface area contributed by atoms with Gasteiger partial charge in [0.25, 0.3) is 15.9 Å². The molecule has 2 unspecified atom stereocenters. The summed E-state index contributed by atoms with van der Waals surface area (Å²) in [4.78, 5) is 15.3. The van der Waals surface area contributed by atoms with Crippen molar-refractivity contribution in [1.29, 1.82) is 0 Å². The SMILES string of the molecule is CC(C)(C)[Si](C)(C)OC1CC(CN(CCCCN2C(=O)c3ccccc3S2(=O)=O)Cc2ccccc2)Oc2ccccc21. The lowest BCUT2D eigenvalue weighted by Crippen LogP contribution is -2.45. The van der Waals surface area contributed by atoms with E-state index in [1.165, 1.54) is 11.6 Å². The highest BCUT2D eigenvalue weighted by Gasteiger charge is 2.42. The molecule has 0 saturated carbocycles. The third-order valence-corrected chi connectivity index (χ3v) is 15.3. The average molecular weight is 621 g/mol. The lowest BCUT2D eigenvalue weighted by molar-refractivity contribution is 0.0469. The van der Waals surface area contributed by atoms with Crippen molar-refractivity contribution in [2.45, 2.75) is 81.8 Å². The van der Waals surface area contributed by atoms with Gasteiger partial charge in [0.15, 0.2) is 8.32 Å². The van der Waals surface area contributed by atoms with Crippen LogP contribution in [0.1, 0.15) is 67.6 Å². The zero-order chi connectivity index (χ0) is 30.8. The van der Waals surface area contributed by atoms with Crippen LogP contribution in [0.2, 0.25) is 18.1 Å². The molecule has 0 N–H and O–H groups in total. The molecule has 9 heteroatoms. The number of ether oxygens (including phenoxy) is 1. The normalized spacial score (nSPS) is 19.7. The van der Waals surface area contributed by atoms with Crippen molar-refractivity contribution < 1.29 is 22.4 Å². The smallest absolute Gasteiger partial charge is 0.269 e. The first-order chi connectivity index (χ1) is 20.4. The summed E-state index contributed by atoms with van der Waals surface area (Å²) in [6.45, 7) is 13.8. The molecule has 0 fully saturated rings. The van der Waals surface area contributed by atoms with E-state index in [0.717, 1.165) is 41.5 Å². The molecule has 0 saturated heterocycles. The van der Waals surface area contributed by atoms with E-state index in [2.05, 4.69) is 63.0 Å². The van der Waals surface area contributed by atoms with E-state index in [0.29, 0.717) is 13.0 Å². The zero-order valence-corrected chi connectivity index (χ0v) is 27.8. The van der Waals surface area contributed by atoms with E-state index in [1.54, 1.807) is 18.2 Å². The zero-order valence-electron chi connectivity index (χ0n) is 26.0. The number of carbonyl (C=O) groups is 1. The highest BCUT2D eigenvalue weighted by Crippen LogP contribution is 2.44. The molecule has 43 heavy (non-hydrogen) atoms. The van der Waals surface area contributed by atoms with Gasteiger partial charge in [0.1, 0.15) is 16.7 Å². The standard InChI is InChI=1S/C34H44N2O5SSi/c1-34(2,3)43(4,5)41-31-23-27(40-30-19-11-9-17-28(30)31)25-35(24-26-15-7-6-8-16-26)21-13-14-22-36-33(37)29-18-10-12-20-32(29)42(36,38)39/h6-12,15-20,27,31H,13-14,21-25H2,1-5H3. The quantitative estimate of drug-likeness (QED) is 0.169. The summed E-state index contributed by atoms with van der Waals surface area (Å²) in [6.07, 6.45) is 2.02. The molecule has 5 rings (SSSR count). The van der Waals surface area contributed by atoms with Gasteiger partial charge in [-0.15, -0.1) is 0 Å².